The van der Waals surface area contributed by atoms with Gasteiger partial charge in [0.25, 0.3) is 0 Å². The fourth-order valence-electron chi connectivity index (χ4n) is 3.20. The molecule has 0 spiro atoms. The van der Waals surface area contributed by atoms with Gasteiger partial charge < -0.3 is 10.4 Å². The van der Waals surface area contributed by atoms with Crippen LogP contribution in [-0.2, 0) is 17.6 Å². The molecule has 1 atom stereocenters. The zero-order valence-electron chi connectivity index (χ0n) is 13.7. The first-order valence-corrected chi connectivity index (χ1v) is 9.20. The fourth-order valence-corrected chi connectivity index (χ4v) is 4.51. The van der Waals surface area contributed by atoms with E-state index in [2.05, 4.69) is 22.2 Å². The lowest BCUT2D eigenvalue weighted by atomic mass is 9.97. The number of carbonyl (C=O) groups is 1. The monoisotopic (exact) mass is 333 g/mol. The van der Waals surface area contributed by atoms with Gasteiger partial charge in [-0.1, -0.05) is 19.8 Å². The van der Waals surface area contributed by atoms with Gasteiger partial charge in [-0.2, -0.15) is 0 Å². The van der Waals surface area contributed by atoms with E-state index in [4.69, 9.17) is 0 Å². The standard InChI is InChI=1S/C17H23N3O2S/c1-3-4-8-12(17(21)22)20-15-14-11-7-5-6-9-13(11)23-16(14)19-10(2)18-15/h12H,3-9H2,1-2H3,(H,21,22)(H,18,19,20). The van der Waals surface area contributed by atoms with Gasteiger partial charge in [0.05, 0.1) is 5.39 Å². The minimum Gasteiger partial charge on any atom is -0.480 e. The van der Waals surface area contributed by atoms with Crippen LogP contribution < -0.4 is 5.32 Å². The van der Waals surface area contributed by atoms with Gasteiger partial charge in [0, 0.05) is 4.88 Å². The quantitative estimate of drug-likeness (QED) is 0.837. The smallest absolute Gasteiger partial charge is 0.326 e. The molecule has 2 aromatic rings. The summed E-state index contributed by atoms with van der Waals surface area (Å²) < 4.78 is 0. The van der Waals surface area contributed by atoms with Crippen molar-refractivity contribution in [1.29, 1.82) is 0 Å². The lowest BCUT2D eigenvalue weighted by molar-refractivity contribution is -0.138. The number of unbranched alkanes of at least 4 members (excludes halogenated alkanes) is 1. The molecule has 3 rings (SSSR count). The molecule has 1 aliphatic carbocycles. The van der Waals surface area contributed by atoms with Crippen molar-refractivity contribution >= 4 is 33.3 Å². The van der Waals surface area contributed by atoms with Gasteiger partial charge in [-0.05, 0) is 44.6 Å². The van der Waals surface area contributed by atoms with Gasteiger partial charge in [0.15, 0.2) is 0 Å². The van der Waals surface area contributed by atoms with Crippen LogP contribution in [0.3, 0.4) is 0 Å². The lowest BCUT2D eigenvalue weighted by Crippen LogP contribution is -2.29. The van der Waals surface area contributed by atoms with Gasteiger partial charge >= 0.3 is 5.97 Å². The molecule has 0 saturated carbocycles. The number of hydrogen-bond acceptors (Lipinski definition) is 5. The van der Waals surface area contributed by atoms with Crippen molar-refractivity contribution in [2.24, 2.45) is 0 Å². The summed E-state index contributed by atoms with van der Waals surface area (Å²) >= 11 is 1.74. The Kier molecular flexibility index (Phi) is 4.80. The number of aliphatic carboxylic acids is 1. The maximum Gasteiger partial charge on any atom is 0.326 e. The van der Waals surface area contributed by atoms with E-state index in [0.29, 0.717) is 18.1 Å². The number of anilines is 1. The molecule has 2 aromatic heterocycles. The minimum absolute atomic E-state index is 0.591. The van der Waals surface area contributed by atoms with E-state index in [0.717, 1.165) is 35.9 Å². The Morgan fingerprint density at radius 1 is 1.35 bits per heavy atom. The van der Waals surface area contributed by atoms with Crippen molar-refractivity contribution in [2.75, 3.05) is 5.32 Å². The normalized spacial score (nSPS) is 15.4. The molecule has 0 aromatic carbocycles. The molecule has 5 nitrogen and oxygen atoms in total. The molecule has 1 aliphatic rings. The van der Waals surface area contributed by atoms with Crippen molar-refractivity contribution in [3.63, 3.8) is 0 Å². The number of carboxylic acid groups (broad SMARTS) is 1. The first-order chi connectivity index (χ1) is 11.1. The highest BCUT2D eigenvalue weighted by Gasteiger charge is 2.24. The van der Waals surface area contributed by atoms with E-state index < -0.39 is 12.0 Å². The second-order valence-electron chi connectivity index (χ2n) is 6.19. The lowest BCUT2D eigenvalue weighted by Gasteiger charge is -2.17. The number of nitrogens with one attached hydrogen (secondary N) is 1. The maximum absolute atomic E-state index is 11.6. The molecule has 0 aliphatic heterocycles. The van der Waals surface area contributed by atoms with Gasteiger partial charge in [0.1, 0.15) is 22.5 Å². The second kappa shape index (κ2) is 6.83. The summed E-state index contributed by atoms with van der Waals surface area (Å²) in [4.78, 5) is 23.1. The predicted molar refractivity (Wildman–Crippen MR) is 93.4 cm³/mol. The van der Waals surface area contributed by atoms with Crippen LogP contribution in [0.1, 0.15) is 55.3 Å². The Hall–Kier alpha value is -1.69. The Morgan fingerprint density at radius 3 is 2.87 bits per heavy atom. The largest absolute Gasteiger partial charge is 0.480 e. The molecule has 124 valence electrons. The number of aryl methyl sites for hydroxylation is 3. The molecule has 0 radical (unpaired) electrons. The van der Waals surface area contributed by atoms with Crippen LogP contribution in [-0.4, -0.2) is 27.1 Å². The topological polar surface area (TPSA) is 75.1 Å². The van der Waals surface area contributed by atoms with E-state index >= 15 is 0 Å². The maximum atomic E-state index is 11.6. The number of rotatable bonds is 6. The molecule has 2 N–H and O–H groups in total. The highest BCUT2D eigenvalue weighted by atomic mass is 32.1. The summed E-state index contributed by atoms with van der Waals surface area (Å²) in [6.07, 6.45) is 7.04. The van der Waals surface area contributed by atoms with Gasteiger partial charge in [0.2, 0.25) is 0 Å². The molecule has 1 unspecified atom stereocenters. The zero-order chi connectivity index (χ0) is 16.4. The SMILES string of the molecule is CCCCC(Nc1nc(C)nc2sc3c(c12)CCCC3)C(=O)O. The Labute approximate surface area is 140 Å². The van der Waals surface area contributed by atoms with Crippen molar-refractivity contribution in [3.8, 4) is 0 Å². The third-order valence-corrected chi connectivity index (χ3v) is 5.57. The summed E-state index contributed by atoms with van der Waals surface area (Å²) in [5.41, 5.74) is 1.33. The molecular weight excluding hydrogens is 310 g/mol. The van der Waals surface area contributed by atoms with Crippen LogP contribution >= 0.6 is 11.3 Å². The van der Waals surface area contributed by atoms with Gasteiger partial charge in [-0.25, -0.2) is 14.8 Å². The van der Waals surface area contributed by atoms with Crippen LogP contribution in [0.5, 0.6) is 0 Å². The summed E-state index contributed by atoms with van der Waals surface area (Å²) in [6, 6.07) is -0.591. The molecule has 0 fully saturated rings. The Bertz CT molecular complexity index is 726. The van der Waals surface area contributed by atoms with E-state index in [1.54, 1.807) is 11.3 Å². The Balaban J connectivity index is 2.01. The zero-order valence-corrected chi connectivity index (χ0v) is 14.5. The first-order valence-electron chi connectivity index (χ1n) is 8.38. The third kappa shape index (κ3) is 3.32. The predicted octanol–water partition coefficient (Wildman–Crippen LogP) is 3.93. The van der Waals surface area contributed by atoms with E-state index in [9.17, 15) is 9.90 Å². The molecular formula is C17H23N3O2S. The average molecular weight is 333 g/mol. The van der Waals surface area contributed by atoms with Crippen molar-refractivity contribution in [2.45, 2.75) is 64.8 Å². The highest BCUT2D eigenvalue weighted by molar-refractivity contribution is 7.19. The van der Waals surface area contributed by atoms with E-state index in [1.165, 1.54) is 23.3 Å². The number of thiophene rings is 1. The number of fused-ring (bicyclic) bond motifs is 3. The summed E-state index contributed by atoms with van der Waals surface area (Å²) in [5.74, 6) is 0.584. The van der Waals surface area contributed by atoms with Crippen LogP contribution in [0, 0.1) is 6.92 Å². The van der Waals surface area contributed by atoms with Crippen molar-refractivity contribution in [3.05, 3.63) is 16.3 Å². The third-order valence-electron chi connectivity index (χ3n) is 4.38. The van der Waals surface area contributed by atoms with Crippen molar-refractivity contribution in [1.82, 2.24) is 9.97 Å². The molecule has 0 saturated heterocycles. The number of hydrogen-bond donors (Lipinski definition) is 2. The summed E-state index contributed by atoms with van der Waals surface area (Å²) in [6.45, 7) is 3.94. The fraction of sp³-hybridized carbons (Fsp3) is 0.588. The van der Waals surface area contributed by atoms with Crippen LogP contribution in [0.2, 0.25) is 0 Å². The summed E-state index contributed by atoms with van der Waals surface area (Å²) in [7, 11) is 0. The van der Waals surface area contributed by atoms with Crippen LogP contribution in [0.15, 0.2) is 0 Å². The van der Waals surface area contributed by atoms with Crippen LogP contribution in [0.4, 0.5) is 5.82 Å². The number of nitrogens with zero attached hydrogens (tertiary/aromatic N) is 2. The average Bonchev–Trinajstić information content (AvgIpc) is 2.88. The highest BCUT2D eigenvalue weighted by Crippen LogP contribution is 2.38. The number of aromatic nitrogens is 2. The van der Waals surface area contributed by atoms with Gasteiger partial charge in [-0.3, -0.25) is 0 Å². The van der Waals surface area contributed by atoms with Gasteiger partial charge in [-0.15, -0.1) is 11.3 Å². The molecule has 0 bridgehead atoms. The van der Waals surface area contributed by atoms with Crippen molar-refractivity contribution < 1.29 is 9.90 Å². The molecule has 23 heavy (non-hydrogen) atoms. The van der Waals surface area contributed by atoms with E-state index in [1.807, 2.05) is 6.92 Å². The van der Waals surface area contributed by atoms with E-state index in [-0.39, 0.29) is 0 Å². The number of carboxylic acids is 1. The Morgan fingerprint density at radius 2 is 2.13 bits per heavy atom. The first kappa shape index (κ1) is 16.2. The molecule has 6 heteroatoms. The molecule has 0 amide bonds. The minimum atomic E-state index is -0.813. The second-order valence-corrected chi connectivity index (χ2v) is 7.27. The summed E-state index contributed by atoms with van der Waals surface area (Å²) in [5, 5.41) is 13.7. The molecule has 2 heterocycles. The van der Waals surface area contributed by atoms with Crippen LogP contribution in [0.25, 0.3) is 10.2 Å².